The lowest BCUT2D eigenvalue weighted by Crippen LogP contribution is -2.45. The van der Waals surface area contributed by atoms with Gasteiger partial charge in [0, 0.05) is 46.4 Å². The lowest BCUT2D eigenvalue weighted by molar-refractivity contribution is -0.131. The van der Waals surface area contributed by atoms with Crippen LogP contribution < -0.4 is 5.32 Å². The zero-order valence-corrected chi connectivity index (χ0v) is 16.4. The van der Waals surface area contributed by atoms with E-state index in [4.69, 9.17) is 9.47 Å². The number of aliphatic imine (C=N–C) groups is 1. The van der Waals surface area contributed by atoms with Gasteiger partial charge in [0.15, 0.2) is 5.96 Å². The number of hydrogen-bond acceptors (Lipinski definition) is 4. The van der Waals surface area contributed by atoms with Gasteiger partial charge in [0.1, 0.15) is 0 Å². The molecule has 1 aliphatic rings. The first-order chi connectivity index (χ1) is 12.1. The topological polar surface area (TPSA) is 66.4 Å². The summed E-state index contributed by atoms with van der Waals surface area (Å²) in [5.41, 5.74) is 0. The van der Waals surface area contributed by atoms with Gasteiger partial charge in [-0.15, -0.1) is 0 Å². The number of amides is 1. The molecular formula is C18H36N4O3. The van der Waals surface area contributed by atoms with Crippen molar-refractivity contribution in [3.05, 3.63) is 0 Å². The predicted octanol–water partition coefficient (Wildman–Crippen LogP) is 1.34. The third-order valence-electron chi connectivity index (χ3n) is 4.22. The van der Waals surface area contributed by atoms with Crippen molar-refractivity contribution in [3.8, 4) is 0 Å². The molecule has 0 aliphatic carbocycles. The maximum atomic E-state index is 12.2. The fraction of sp³-hybridized carbons (Fsp3) is 0.889. The van der Waals surface area contributed by atoms with Crippen molar-refractivity contribution in [1.29, 1.82) is 0 Å². The zero-order valence-electron chi connectivity index (χ0n) is 16.4. The number of hydrogen-bond donors (Lipinski definition) is 1. The molecule has 0 aromatic carbocycles. The van der Waals surface area contributed by atoms with Gasteiger partial charge >= 0.3 is 0 Å². The summed E-state index contributed by atoms with van der Waals surface area (Å²) in [6, 6.07) is 0. The molecular weight excluding hydrogens is 320 g/mol. The molecule has 7 heteroatoms. The minimum absolute atomic E-state index is 0.123. The second-order valence-electron chi connectivity index (χ2n) is 6.22. The molecule has 1 N–H and O–H groups in total. The molecule has 0 saturated carbocycles. The zero-order chi connectivity index (χ0) is 18.5. The molecule has 1 rings (SSSR count). The average Bonchev–Trinajstić information content (AvgIpc) is 3.11. The first-order valence-electron chi connectivity index (χ1n) is 9.58. The number of rotatable bonds is 11. The quantitative estimate of drug-likeness (QED) is 0.344. The lowest BCUT2D eigenvalue weighted by Gasteiger charge is -2.25. The van der Waals surface area contributed by atoms with Crippen LogP contribution in [-0.2, 0) is 14.3 Å². The summed E-state index contributed by atoms with van der Waals surface area (Å²) >= 11 is 0. The van der Waals surface area contributed by atoms with Gasteiger partial charge in [0.2, 0.25) is 5.91 Å². The summed E-state index contributed by atoms with van der Waals surface area (Å²) in [4.78, 5) is 20.5. The van der Waals surface area contributed by atoms with Gasteiger partial charge in [-0.3, -0.25) is 9.79 Å². The largest absolute Gasteiger partial charge is 0.379 e. The van der Waals surface area contributed by atoms with Crippen molar-refractivity contribution in [1.82, 2.24) is 15.1 Å². The number of guanidine groups is 1. The van der Waals surface area contributed by atoms with Crippen LogP contribution in [0.4, 0.5) is 0 Å². The molecule has 1 atom stereocenters. The Labute approximate surface area is 152 Å². The van der Waals surface area contributed by atoms with Crippen LogP contribution in [0.3, 0.4) is 0 Å². The monoisotopic (exact) mass is 356 g/mol. The van der Waals surface area contributed by atoms with Gasteiger partial charge < -0.3 is 24.6 Å². The fourth-order valence-corrected chi connectivity index (χ4v) is 2.77. The van der Waals surface area contributed by atoms with E-state index in [9.17, 15) is 4.79 Å². The van der Waals surface area contributed by atoms with Gasteiger partial charge in [-0.2, -0.15) is 0 Å². The van der Waals surface area contributed by atoms with Crippen LogP contribution in [0.1, 0.15) is 40.0 Å². The first-order valence-corrected chi connectivity index (χ1v) is 9.58. The number of carbonyl (C=O) groups is 1. The lowest BCUT2D eigenvalue weighted by atomic mass is 10.2. The summed E-state index contributed by atoms with van der Waals surface area (Å²) in [5, 5.41) is 3.24. The normalized spacial score (nSPS) is 17.6. The van der Waals surface area contributed by atoms with E-state index < -0.39 is 0 Å². The molecule has 0 radical (unpaired) electrons. The second-order valence-corrected chi connectivity index (χ2v) is 6.22. The summed E-state index contributed by atoms with van der Waals surface area (Å²) < 4.78 is 11.2. The fourth-order valence-electron chi connectivity index (χ4n) is 2.77. The number of nitrogens with one attached hydrogen (secondary N) is 1. The van der Waals surface area contributed by atoms with Crippen LogP contribution in [0, 0.1) is 0 Å². The van der Waals surface area contributed by atoms with E-state index in [1.165, 1.54) is 0 Å². The smallest absolute Gasteiger partial charge is 0.242 e. The Morgan fingerprint density at radius 3 is 2.68 bits per heavy atom. The highest BCUT2D eigenvalue weighted by molar-refractivity contribution is 5.86. The van der Waals surface area contributed by atoms with Crippen LogP contribution in [0.25, 0.3) is 0 Å². The Bertz CT molecular complexity index is 394. The molecule has 7 nitrogen and oxygen atoms in total. The Hall–Kier alpha value is -1.34. The van der Waals surface area contributed by atoms with Crippen LogP contribution in [0.15, 0.2) is 4.99 Å². The van der Waals surface area contributed by atoms with E-state index in [2.05, 4.69) is 10.3 Å². The molecule has 1 fully saturated rings. The maximum absolute atomic E-state index is 12.2. The Kier molecular flexibility index (Phi) is 11.2. The van der Waals surface area contributed by atoms with Crippen molar-refractivity contribution in [3.63, 3.8) is 0 Å². The van der Waals surface area contributed by atoms with E-state index in [1.54, 1.807) is 0 Å². The van der Waals surface area contributed by atoms with Gasteiger partial charge in [0.25, 0.3) is 0 Å². The molecule has 0 bridgehead atoms. The molecule has 1 aliphatic heterocycles. The van der Waals surface area contributed by atoms with Crippen LogP contribution >= 0.6 is 0 Å². The third-order valence-corrected chi connectivity index (χ3v) is 4.22. The van der Waals surface area contributed by atoms with E-state index in [1.807, 2.05) is 37.6 Å². The minimum atomic E-state index is 0.123. The molecule has 1 saturated heterocycles. The Balaban J connectivity index is 2.32. The molecule has 1 amide bonds. The second kappa shape index (κ2) is 12.9. The number of carbonyl (C=O) groups excluding carboxylic acids is 1. The highest BCUT2D eigenvalue weighted by Gasteiger charge is 2.16. The first kappa shape index (κ1) is 21.7. The Morgan fingerprint density at radius 2 is 2.08 bits per heavy atom. The van der Waals surface area contributed by atoms with Crippen molar-refractivity contribution in [2.24, 2.45) is 4.99 Å². The third kappa shape index (κ3) is 8.54. The van der Waals surface area contributed by atoms with E-state index >= 15 is 0 Å². The molecule has 146 valence electrons. The van der Waals surface area contributed by atoms with Crippen molar-refractivity contribution in [2.75, 3.05) is 59.6 Å². The highest BCUT2D eigenvalue weighted by Crippen LogP contribution is 2.11. The summed E-state index contributed by atoms with van der Waals surface area (Å²) in [6.07, 6.45) is 3.38. The molecule has 0 spiro atoms. The van der Waals surface area contributed by atoms with Gasteiger partial charge in [0.05, 0.1) is 19.3 Å². The van der Waals surface area contributed by atoms with Gasteiger partial charge in [-0.25, -0.2) is 0 Å². The minimum Gasteiger partial charge on any atom is -0.379 e. The van der Waals surface area contributed by atoms with Crippen molar-refractivity contribution < 1.29 is 14.3 Å². The van der Waals surface area contributed by atoms with Crippen LogP contribution in [0.5, 0.6) is 0 Å². The summed E-state index contributed by atoms with van der Waals surface area (Å²) in [5.74, 6) is 0.889. The van der Waals surface area contributed by atoms with E-state index in [0.717, 1.165) is 51.5 Å². The standard InChI is InChI=1S/C18H36N4O3/c1-5-19-18(21(4)14-17(23)22(6-2)7-3)20-11-9-12-24-15-16-10-8-13-25-16/h16H,5-15H2,1-4H3,(H,19,20). The van der Waals surface area contributed by atoms with E-state index in [0.29, 0.717) is 26.3 Å². The number of nitrogens with zero attached hydrogens (tertiary/aromatic N) is 3. The summed E-state index contributed by atoms with van der Waals surface area (Å²) in [7, 11) is 1.90. The van der Waals surface area contributed by atoms with Gasteiger partial charge in [-0.1, -0.05) is 0 Å². The number of likely N-dealkylation sites (N-methyl/N-ethyl adjacent to an activating group) is 2. The van der Waals surface area contributed by atoms with Gasteiger partial charge in [-0.05, 0) is 40.0 Å². The average molecular weight is 357 g/mol. The Morgan fingerprint density at radius 1 is 1.32 bits per heavy atom. The molecule has 25 heavy (non-hydrogen) atoms. The SMILES string of the molecule is CCNC(=NCCCOCC1CCCO1)N(C)CC(=O)N(CC)CC. The molecule has 1 unspecified atom stereocenters. The van der Waals surface area contributed by atoms with E-state index in [-0.39, 0.29) is 12.0 Å². The highest BCUT2D eigenvalue weighted by atomic mass is 16.5. The maximum Gasteiger partial charge on any atom is 0.242 e. The van der Waals surface area contributed by atoms with Crippen LogP contribution in [-0.4, -0.2) is 87.4 Å². The molecule has 1 heterocycles. The van der Waals surface area contributed by atoms with Crippen LogP contribution in [0.2, 0.25) is 0 Å². The predicted molar refractivity (Wildman–Crippen MR) is 101 cm³/mol. The van der Waals surface area contributed by atoms with Crippen molar-refractivity contribution >= 4 is 11.9 Å². The van der Waals surface area contributed by atoms with Crippen molar-refractivity contribution in [2.45, 2.75) is 46.1 Å². The summed E-state index contributed by atoms with van der Waals surface area (Å²) in [6.45, 7) is 11.5. The molecule has 0 aromatic heterocycles. The molecule has 0 aromatic rings. The number of ether oxygens (including phenoxy) is 2.